The van der Waals surface area contributed by atoms with Gasteiger partial charge < -0.3 is 23.5 Å². The Kier molecular flexibility index (Phi) is 6.23. The molecule has 0 N–H and O–H groups in total. The third-order valence-corrected chi connectivity index (χ3v) is 4.88. The first-order valence-corrected chi connectivity index (χ1v) is 9.82. The van der Waals surface area contributed by atoms with Crippen molar-refractivity contribution in [1.82, 2.24) is 4.57 Å². The summed E-state index contributed by atoms with van der Waals surface area (Å²) in [6, 6.07) is 7.65. The molecule has 0 atom stereocenters. The SMILES string of the molecule is CCOC(Cc1cc2c(n1C)C(=O)c1ccc(C)cc1OC2)(OCC)OCC. The van der Waals surface area contributed by atoms with Gasteiger partial charge in [-0.05, 0) is 51.5 Å². The molecule has 0 unspecified atom stereocenters. The maximum absolute atomic E-state index is 13.2. The molecule has 28 heavy (non-hydrogen) atoms. The van der Waals surface area contributed by atoms with Gasteiger partial charge >= 0.3 is 0 Å². The van der Waals surface area contributed by atoms with Crippen LogP contribution in [0.4, 0.5) is 0 Å². The van der Waals surface area contributed by atoms with Gasteiger partial charge in [-0.25, -0.2) is 0 Å². The van der Waals surface area contributed by atoms with Gasteiger partial charge in [-0.15, -0.1) is 0 Å². The number of nitrogens with zero attached hydrogens (tertiary/aromatic N) is 1. The first kappa shape index (κ1) is 20.6. The van der Waals surface area contributed by atoms with E-state index in [0.29, 0.717) is 49.9 Å². The van der Waals surface area contributed by atoms with Crippen LogP contribution in [-0.4, -0.2) is 36.1 Å². The molecular formula is C22H29NO5. The number of benzene rings is 1. The fourth-order valence-electron chi connectivity index (χ4n) is 3.68. The zero-order valence-corrected chi connectivity index (χ0v) is 17.3. The van der Waals surface area contributed by atoms with Gasteiger partial charge in [0.25, 0.3) is 5.97 Å². The number of carbonyl (C=O) groups excluding carboxylic acids is 1. The molecule has 1 aromatic heterocycles. The topological polar surface area (TPSA) is 58.9 Å². The molecule has 1 aliphatic heterocycles. The highest BCUT2D eigenvalue weighted by Crippen LogP contribution is 2.32. The zero-order valence-electron chi connectivity index (χ0n) is 17.3. The average molecular weight is 387 g/mol. The quantitative estimate of drug-likeness (QED) is 0.646. The molecule has 2 heterocycles. The molecule has 0 amide bonds. The molecule has 1 aromatic carbocycles. The Labute approximate surface area is 166 Å². The molecule has 0 spiro atoms. The summed E-state index contributed by atoms with van der Waals surface area (Å²) < 4.78 is 25.4. The van der Waals surface area contributed by atoms with Crippen molar-refractivity contribution in [2.24, 2.45) is 7.05 Å². The first-order chi connectivity index (χ1) is 13.4. The minimum atomic E-state index is -1.16. The van der Waals surface area contributed by atoms with Crippen molar-refractivity contribution in [1.29, 1.82) is 0 Å². The molecule has 0 radical (unpaired) electrons. The second kappa shape index (κ2) is 8.47. The predicted octanol–water partition coefficient (Wildman–Crippen LogP) is 3.76. The van der Waals surface area contributed by atoms with Gasteiger partial charge in [0.1, 0.15) is 12.4 Å². The van der Waals surface area contributed by atoms with Crippen LogP contribution in [0.5, 0.6) is 5.75 Å². The van der Waals surface area contributed by atoms with Gasteiger partial charge in [0.05, 0.1) is 17.7 Å². The summed E-state index contributed by atoms with van der Waals surface area (Å²) >= 11 is 0. The number of hydrogen-bond donors (Lipinski definition) is 0. The standard InChI is InChI=1S/C22H29NO5/c1-6-26-22(27-7-2,28-8-3)13-17-12-16-14-25-19-11-15(4)9-10-18(19)21(24)20(16)23(17)5/h9-12H,6-8,13-14H2,1-5H3. The lowest BCUT2D eigenvalue weighted by Gasteiger charge is -2.32. The van der Waals surface area contributed by atoms with E-state index in [1.165, 1.54) is 0 Å². The highest BCUT2D eigenvalue weighted by atomic mass is 16.9. The number of ketones is 1. The molecule has 152 valence electrons. The molecule has 0 saturated carbocycles. The van der Waals surface area contributed by atoms with E-state index in [1.54, 1.807) is 0 Å². The first-order valence-electron chi connectivity index (χ1n) is 9.82. The van der Waals surface area contributed by atoms with Crippen molar-refractivity contribution in [3.63, 3.8) is 0 Å². The minimum absolute atomic E-state index is 0.0360. The smallest absolute Gasteiger partial charge is 0.288 e. The number of aryl methyl sites for hydroxylation is 1. The third kappa shape index (κ3) is 3.85. The lowest BCUT2D eigenvalue weighted by atomic mass is 10.0. The molecule has 1 aliphatic rings. The van der Waals surface area contributed by atoms with E-state index < -0.39 is 5.97 Å². The maximum Gasteiger partial charge on any atom is 0.288 e. The highest BCUT2D eigenvalue weighted by molar-refractivity contribution is 6.11. The molecular weight excluding hydrogens is 358 g/mol. The summed E-state index contributed by atoms with van der Waals surface area (Å²) in [6.07, 6.45) is 0.375. The van der Waals surface area contributed by atoms with E-state index in [4.69, 9.17) is 18.9 Å². The summed E-state index contributed by atoms with van der Waals surface area (Å²) in [4.78, 5) is 13.2. The van der Waals surface area contributed by atoms with Crippen molar-refractivity contribution in [3.8, 4) is 5.75 Å². The average Bonchev–Trinajstić information content (AvgIpc) is 2.87. The summed E-state index contributed by atoms with van der Waals surface area (Å²) in [7, 11) is 1.89. The largest absolute Gasteiger partial charge is 0.488 e. The Bertz CT molecular complexity index is 838. The maximum atomic E-state index is 13.2. The summed E-state index contributed by atoms with van der Waals surface area (Å²) in [5.74, 6) is -0.566. The molecule has 6 heteroatoms. The van der Waals surface area contributed by atoms with E-state index in [9.17, 15) is 4.79 Å². The predicted molar refractivity (Wildman–Crippen MR) is 106 cm³/mol. The van der Waals surface area contributed by atoms with Crippen LogP contribution in [0.15, 0.2) is 24.3 Å². The number of hydrogen-bond acceptors (Lipinski definition) is 5. The molecule has 0 bridgehead atoms. The fourth-order valence-corrected chi connectivity index (χ4v) is 3.68. The fraction of sp³-hybridized carbons (Fsp3) is 0.500. The molecule has 0 saturated heterocycles. The van der Waals surface area contributed by atoms with Crippen LogP contribution in [0.3, 0.4) is 0 Å². The number of fused-ring (bicyclic) bond motifs is 2. The lowest BCUT2D eigenvalue weighted by Crippen LogP contribution is -2.42. The van der Waals surface area contributed by atoms with E-state index in [-0.39, 0.29) is 5.78 Å². The van der Waals surface area contributed by atoms with Gasteiger partial charge in [0.2, 0.25) is 5.78 Å². The highest BCUT2D eigenvalue weighted by Gasteiger charge is 2.36. The van der Waals surface area contributed by atoms with E-state index in [1.807, 2.05) is 63.6 Å². The Hall–Kier alpha value is -2.15. The second-order valence-electron chi connectivity index (χ2n) is 6.84. The Balaban J connectivity index is 1.99. The normalized spacial score (nSPS) is 13.7. The van der Waals surface area contributed by atoms with Crippen molar-refractivity contribution in [2.45, 2.75) is 46.7 Å². The molecule has 2 aromatic rings. The van der Waals surface area contributed by atoms with Crippen molar-refractivity contribution in [3.05, 3.63) is 52.3 Å². The summed E-state index contributed by atoms with van der Waals surface area (Å²) in [5, 5.41) is 0. The minimum Gasteiger partial charge on any atom is -0.488 e. The van der Waals surface area contributed by atoms with Crippen molar-refractivity contribution in [2.75, 3.05) is 19.8 Å². The molecule has 0 aliphatic carbocycles. The van der Waals surface area contributed by atoms with Gasteiger partial charge in [-0.3, -0.25) is 4.79 Å². The van der Waals surface area contributed by atoms with E-state index >= 15 is 0 Å². The van der Waals surface area contributed by atoms with Crippen LogP contribution in [0.2, 0.25) is 0 Å². The van der Waals surface area contributed by atoms with Gasteiger partial charge in [0, 0.05) is 38.1 Å². The Morgan fingerprint density at radius 1 is 1.07 bits per heavy atom. The van der Waals surface area contributed by atoms with Crippen molar-refractivity contribution >= 4 is 5.78 Å². The second-order valence-corrected chi connectivity index (χ2v) is 6.84. The summed E-state index contributed by atoms with van der Waals surface area (Å²) in [6.45, 7) is 9.42. The van der Waals surface area contributed by atoms with Gasteiger partial charge in [-0.2, -0.15) is 0 Å². The third-order valence-electron chi connectivity index (χ3n) is 4.88. The number of carbonyl (C=O) groups is 1. The van der Waals surface area contributed by atoms with Crippen LogP contribution in [0.1, 0.15) is 53.6 Å². The lowest BCUT2D eigenvalue weighted by molar-refractivity contribution is -0.376. The number of rotatable bonds is 8. The Morgan fingerprint density at radius 3 is 2.32 bits per heavy atom. The van der Waals surface area contributed by atoms with Gasteiger partial charge in [-0.1, -0.05) is 6.07 Å². The Morgan fingerprint density at radius 2 is 1.71 bits per heavy atom. The van der Waals surface area contributed by atoms with Crippen LogP contribution in [0, 0.1) is 6.92 Å². The van der Waals surface area contributed by atoms with Crippen LogP contribution in [-0.2, 0) is 34.3 Å². The van der Waals surface area contributed by atoms with E-state index in [2.05, 4.69) is 0 Å². The number of aromatic nitrogens is 1. The van der Waals surface area contributed by atoms with Gasteiger partial charge in [0.15, 0.2) is 0 Å². The summed E-state index contributed by atoms with van der Waals surface area (Å²) in [5.41, 5.74) is 4.04. The monoisotopic (exact) mass is 387 g/mol. The molecule has 3 rings (SSSR count). The van der Waals surface area contributed by atoms with E-state index in [0.717, 1.165) is 16.8 Å². The van der Waals surface area contributed by atoms with Crippen molar-refractivity contribution < 1.29 is 23.7 Å². The molecule has 6 nitrogen and oxygen atoms in total. The number of ether oxygens (including phenoxy) is 4. The zero-order chi connectivity index (χ0) is 20.3. The van der Waals surface area contributed by atoms with Crippen LogP contribution >= 0.6 is 0 Å². The molecule has 0 fully saturated rings. The van der Waals surface area contributed by atoms with Crippen LogP contribution < -0.4 is 4.74 Å². The van der Waals surface area contributed by atoms with Crippen LogP contribution in [0.25, 0.3) is 0 Å².